The van der Waals surface area contributed by atoms with E-state index in [1.807, 2.05) is 36.4 Å². The van der Waals surface area contributed by atoms with Crippen LogP contribution in [0.2, 0.25) is 5.02 Å². The van der Waals surface area contributed by atoms with Gasteiger partial charge in [-0.3, -0.25) is 4.98 Å². The lowest BCUT2D eigenvalue weighted by atomic mass is 10.0. The van der Waals surface area contributed by atoms with Crippen molar-refractivity contribution in [1.29, 1.82) is 0 Å². The number of aromatic nitrogens is 4. The average molecular weight is 454 g/mol. The standard InChI is InChI=1S/C26H17ClFN5/c27-19-4-8-24-18(13-19)9-12-33(24)26-21-7-3-17(16-1-5-20(28)6-2-16)14-22(21)31-25(32-26)23-15-29-10-11-30-23/h1-8,10-11,13-15H,9,12H2. The zero-order valence-corrected chi connectivity index (χ0v) is 18.2. The van der Waals surface area contributed by atoms with E-state index in [-0.39, 0.29) is 5.82 Å². The van der Waals surface area contributed by atoms with Gasteiger partial charge in [-0.2, -0.15) is 0 Å². The SMILES string of the molecule is Fc1ccc(-c2ccc3c(N4CCc5cc(Cl)ccc54)nc(-c4cnccn4)nc3c2)cc1. The van der Waals surface area contributed by atoms with Gasteiger partial charge in [0.2, 0.25) is 0 Å². The Balaban J connectivity index is 1.56. The molecule has 0 saturated heterocycles. The van der Waals surface area contributed by atoms with Crippen molar-refractivity contribution in [3.05, 3.63) is 95.7 Å². The minimum Gasteiger partial charge on any atom is -0.325 e. The molecule has 0 spiro atoms. The lowest BCUT2D eigenvalue weighted by molar-refractivity contribution is 0.628. The fraction of sp³-hybridized carbons (Fsp3) is 0.0769. The molecule has 5 aromatic rings. The fourth-order valence-electron chi connectivity index (χ4n) is 4.26. The Kier molecular flexibility index (Phi) is 4.73. The summed E-state index contributed by atoms with van der Waals surface area (Å²) in [7, 11) is 0. The highest BCUT2D eigenvalue weighted by Gasteiger charge is 2.25. The molecule has 3 aromatic carbocycles. The van der Waals surface area contributed by atoms with Crippen LogP contribution in [0.4, 0.5) is 15.9 Å². The van der Waals surface area contributed by atoms with E-state index in [2.05, 4.69) is 14.9 Å². The molecule has 160 valence electrons. The van der Waals surface area contributed by atoms with Crippen LogP contribution in [0.25, 0.3) is 33.5 Å². The molecular weight excluding hydrogens is 437 g/mol. The lowest BCUT2D eigenvalue weighted by Crippen LogP contribution is -2.16. The highest BCUT2D eigenvalue weighted by atomic mass is 35.5. The number of rotatable bonds is 3. The second-order valence-corrected chi connectivity index (χ2v) is 8.31. The van der Waals surface area contributed by atoms with Gasteiger partial charge < -0.3 is 4.90 Å². The predicted molar refractivity (Wildman–Crippen MR) is 128 cm³/mol. The van der Waals surface area contributed by atoms with Crippen LogP contribution in [0.1, 0.15) is 5.56 Å². The van der Waals surface area contributed by atoms with Gasteiger partial charge in [0.1, 0.15) is 17.3 Å². The topological polar surface area (TPSA) is 54.8 Å². The number of anilines is 2. The molecule has 0 saturated carbocycles. The van der Waals surface area contributed by atoms with Crippen LogP contribution in [0, 0.1) is 5.82 Å². The molecule has 1 aliphatic rings. The molecule has 0 bridgehead atoms. The van der Waals surface area contributed by atoms with E-state index in [4.69, 9.17) is 21.6 Å². The quantitative estimate of drug-likeness (QED) is 0.323. The molecule has 33 heavy (non-hydrogen) atoms. The summed E-state index contributed by atoms with van der Waals surface area (Å²) >= 11 is 6.22. The van der Waals surface area contributed by atoms with Crippen molar-refractivity contribution in [2.24, 2.45) is 0 Å². The maximum atomic E-state index is 13.4. The summed E-state index contributed by atoms with van der Waals surface area (Å²) < 4.78 is 13.4. The van der Waals surface area contributed by atoms with Gasteiger partial charge in [-0.25, -0.2) is 19.3 Å². The third-order valence-electron chi connectivity index (χ3n) is 5.84. The first-order chi connectivity index (χ1) is 16.2. The van der Waals surface area contributed by atoms with Crippen LogP contribution < -0.4 is 4.90 Å². The smallest absolute Gasteiger partial charge is 0.182 e. The normalized spacial score (nSPS) is 12.8. The molecule has 0 N–H and O–H groups in total. The summed E-state index contributed by atoms with van der Waals surface area (Å²) in [6.07, 6.45) is 5.80. The molecule has 0 amide bonds. The van der Waals surface area contributed by atoms with E-state index in [1.165, 1.54) is 17.7 Å². The van der Waals surface area contributed by atoms with Crippen LogP contribution in [-0.4, -0.2) is 26.5 Å². The maximum absolute atomic E-state index is 13.4. The van der Waals surface area contributed by atoms with Gasteiger partial charge in [-0.1, -0.05) is 29.8 Å². The number of hydrogen-bond donors (Lipinski definition) is 0. The Bertz CT molecular complexity index is 1490. The Labute approximate surface area is 194 Å². The van der Waals surface area contributed by atoms with E-state index in [0.29, 0.717) is 11.5 Å². The van der Waals surface area contributed by atoms with Crippen LogP contribution >= 0.6 is 11.6 Å². The number of benzene rings is 3. The van der Waals surface area contributed by atoms with Crippen molar-refractivity contribution in [1.82, 2.24) is 19.9 Å². The van der Waals surface area contributed by atoms with Crippen LogP contribution in [0.15, 0.2) is 79.3 Å². The Morgan fingerprint density at radius 3 is 2.55 bits per heavy atom. The van der Waals surface area contributed by atoms with Gasteiger partial charge in [0.05, 0.1) is 11.7 Å². The monoisotopic (exact) mass is 453 g/mol. The van der Waals surface area contributed by atoms with Crippen LogP contribution in [0.5, 0.6) is 0 Å². The van der Waals surface area contributed by atoms with Gasteiger partial charge in [0.25, 0.3) is 0 Å². The third-order valence-corrected chi connectivity index (χ3v) is 6.07. The van der Waals surface area contributed by atoms with Gasteiger partial charge in [0, 0.05) is 35.0 Å². The average Bonchev–Trinajstić information content (AvgIpc) is 3.27. The van der Waals surface area contributed by atoms with Crippen molar-refractivity contribution < 1.29 is 4.39 Å². The number of halogens is 2. The third kappa shape index (κ3) is 3.58. The lowest BCUT2D eigenvalue weighted by Gasteiger charge is -2.21. The van der Waals surface area contributed by atoms with E-state index in [0.717, 1.165) is 51.5 Å². The first-order valence-corrected chi connectivity index (χ1v) is 10.9. The van der Waals surface area contributed by atoms with Gasteiger partial charge in [-0.05, 0) is 65.6 Å². The zero-order valence-electron chi connectivity index (χ0n) is 17.4. The van der Waals surface area contributed by atoms with E-state index >= 15 is 0 Å². The molecule has 7 heteroatoms. The molecule has 0 aliphatic carbocycles. The molecular formula is C26H17ClFN5. The van der Waals surface area contributed by atoms with Crippen molar-refractivity contribution in [2.75, 3.05) is 11.4 Å². The molecule has 1 aliphatic heterocycles. The van der Waals surface area contributed by atoms with E-state index in [9.17, 15) is 4.39 Å². The summed E-state index contributed by atoms with van der Waals surface area (Å²) in [5.41, 5.74) is 5.53. The molecule has 5 nitrogen and oxygen atoms in total. The van der Waals surface area contributed by atoms with Gasteiger partial charge in [0.15, 0.2) is 5.82 Å². The molecule has 3 heterocycles. The Hall–Kier alpha value is -3.90. The first-order valence-electron chi connectivity index (χ1n) is 10.6. The van der Waals surface area contributed by atoms with Crippen molar-refractivity contribution in [3.8, 4) is 22.6 Å². The minimum absolute atomic E-state index is 0.262. The van der Waals surface area contributed by atoms with Crippen LogP contribution in [0.3, 0.4) is 0 Å². The molecule has 0 unspecified atom stereocenters. The number of fused-ring (bicyclic) bond motifs is 2. The summed E-state index contributed by atoms with van der Waals surface area (Å²) in [5, 5.41) is 1.66. The highest BCUT2D eigenvalue weighted by Crippen LogP contribution is 2.39. The fourth-order valence-corrected chi connectivity index (χ4v) is 4.45. The Morgan fingerprint density at radius 2 is 1.73 bits per heavy atom. The molecule has 0 fully saturated rings. The van der Waals surface area contributed by atoms with Gasteiger partial charge in [-0.15, -0.1) is 0 Å². The summed E-state index contributed by atoms with van der Waals surface area (Å²) in [6.45, 7) is 0.793. The second kappa shape index (κ2) is 7.90. The maximum Gasteiger partial charge on any atom is 0.182 e. The van der Waals surface area contributed by atoms with Crippen molar-refractivity contribution >= 4 is 34.0 Å². The molecule has 6 rings (SSSR count). The van der Waals surface area contributed by atoms with Crippen LogP contribution in [-0.2, 0) is 6.42 Å². The largest absolute Gasteiger partial charge is 0.325 e. The Morgan fingerprint density at radius 1 is 0.879 bits per heavy atom. The summed E-state index contributed by atoms with van der Waals surface area (Å²) in [5.74, 6) is 1.05. The second-order valence-electron chi connectivity index (χ2n) is 7.87. The molecule has 0 atom stereocenters. The highest BCUT2D eigenvalue weighted by molar-refractivity contribution is 6.30. The molecule has 0 radical (unpaired) electrons. The van der Waals surface area contributed by atoms with E-state index < -0.39 is 0 Å². The predicted octanol–water partition coefficient (Wildman–Crippen LogP) is 6.24. The van der Waals surface area contributed by atoms with Gasteiger partial charge >= 0.3 is 0 Å². The van der Waals surface area contributed by atoms with Crippen molar-refractivity contribution in [2.45, 2.75) is 6.42 Å². The zero-order chi connectivity index (χ0) is 22.4. The summed E-state index contributed by atoms with van der Waals surface area (Å²) in [4.78, 5) is 20.5. The van der Waals surface area contributed by atoms with Crippen molar-refractivity contribution in [3.63, 3.8) is 0 Å². The number of hydrogen-bond acceptors (Lipinski definition) is 5. The number of nitrogens with zero attached hydrogens (tertiary/aromatic N) is 5. The molecule has 2 aromatic heterocycles. The minimum atomic E-state index is -0.262. The van der Waals surface area contributed by atoms with E-state index in [1.54, 1.807) is 30.7 Å². The first kappa shape index (κ1) is 19.8. The summed E-state index contributed by atoms with van der Waals surface area (Å²) in [6, 6.07) is 18.4.